The normalized spacial score (nSPS) is 15.4. The summed E-state index contributed by atoms with van der Waals surface area (Å²) in [7, 11) is 3.52. The number of anilines is 1. The number of fused-ring (bicyclic) bond motifs is 1. The van der Waals surface area contributed by atoms with Gasteiger partial charge in [-0.2, -0.15) is 5.10 Å². The maximum absolute atomic E-state index is 16.2. The second-order valence-electron chi connectivity index (χ2n) is 10.0. The standard InChI is InChI=1S/C28H27F2N7O3/c1-17-10-21(29)19(27(38)33-25-4-9-40-34-25)11-22(17)37-15-18(13-32-37)23-14-31-26-12-24(39-3)20(16-36(23)26)28(30)5-7-35(2)8-6-28/h4,9-16H,5-8H2,1-3H3,(H,33,34,38). The van der Waals surface area contributed by atoms with Gasteiger partial charge < -0.3 is 19.5 Å². The molecular weight excluding hydrogens is 520 g/mol. The number of hydrogen-bond donors (Lipinski definition) is 1. The second kappa shape index (κ2) is 9.87. The molecule has 1 aliphatic heterocycles. The number of likely N-dealkylation sites (tertiary alicyclic amines) is 1. The van der Waals surface area contributed by atoms with Crippen LogP contribution in [0.5, 0.6) is 5.75 Å². The zero-order valence-electron chi connectivity index (χ0n) is 22.2. The number of nitrogens with one attached hydrogen (secondary N) is 1. The van der Waals surface area contributed by atoms with Gasteiger partial charge in [0.15, 0.2) is 5.82 Å². The zero-order valence-corrected chi connectivity index (χ0v) is 22.2. The molecule has 0 spiro atoms. The first-order valence-corrected chi connectivity index (χ1v) is 12.8. The molecule has 5 aromatic rings. The van der Waals surface area contributed by atoms with Gasteiger partial charge in [0.05, 0.1) is 36.4 Å². The van der Waals surface area contributed by atoms with Gasteiger partial charge in [-0.25, -0.2) is 18.4 Å². The summed E-state index contributed by atoms with van der Waals surface area (Å²) in [6.45, 7) is 3.03. The summed E-state index contributed by atoms with van der Waals surface area (Å²) in [5.41, 5.74) is 1.90. The summed E-state index contributed by atoms with van der Waals surface area (Å²) in [4.78, 5) is 19.3. The van der Waals surface area contributed by atoms with Crippen LogP contribution in [0.1, 0.15) is 34.3 Å². The van der Waals surface area contributed by atoms with E-state index in [0.29, 0.717) is 65.4 Å². The maximum atomic E-state index is 16.2. The quantitative estimate of drug-likeness (QED) is 0.327. The molecule has 0 unspecified atom stereocenters. The molecule has 0 saturated carbocycles. The Labute approximate surface area is 228 Å². The van der Waals surface area contributed by atoms with E-state index in [1.54, 1.807) is 42.5 Å². The molecule has 206 valence electrons. The van der Waals surface area contributed by atoms with Crippen molar-refractivity contribution >= 4 is 17.4 Å². The molecule has 40 heavy (non-hydrogen) atoms. The van der Waals surface area contributed by atoms with Crippen molar-refractivity contribution in [3.05, 3.63) is 77.8 Å². The highest BCUT2D eigenvalue weighted by molar-refractivity contribution is 6.04. The van der Waals surface area contributed by atoms with Crippen molar-refractivity contribution in [3.63, 3.8) is 0 Å². The molecule has 0 bridgehead atoms. The molecule has 0 atom stereocenters. The number of alkyl halides is 1. The van der Waals surface area contributed by atoms with Crippen molar-refractivity contribution in [2.45, 2.75) is 25.4 Å². The molecule has 0 radical (unpaired) electrons. The van der Waals surface area contributed by atoms with E-state index in [2.05, 4.69) is 25.5 Å². The van der Waals surface area contributed by atoms with E-state index in [1.165, 1.54) is 31.6 Å². The average Bonchev–Trinajstić information content (AvgIpc) is 3.71. The van der Waals surface area contributed by atoms with Crippen LogP contribution in [0.15, 0.2) is 59.8 Å². The lowest BCUT2D eigenvalue weighted by Crippen LogP contribution is -2.38. The van der Waals surface area contributed by atoms with Crippen molar-refractivity contribution in [2.75, 3.05) is 32.6 Å². The number of ether oxygens (including phenoxy) is 1. The molecule has 1 aliphatic rings. The number of carbonyl (C=O) groups excluding carboxylic acids is 1. The molecule has 1 aromatic carbocycles. The van der Waals surface area contributed by atoms with Gasteiger partial charge in [0, 0.05) is 48.7 Å². The number of aryl methyl sites for hydroxylation is 1. The Morgan fingerprint density at radius 3 is 2.70 bits per heavy atom. The number of rotatable bonds is 6. The van der Waals surface area contributed by atoms with Gasteiger partial charge in [0.1, 0.15) is 29.1 Å². The van der Waals surface area contributed by atoms with E-state index < -0.39 is 17.4 Å². The van der Waals surface area contributed by atoms with Crippen molar-refractivity contribution in [1.82, 2.24) is 29.2 Å². The van der Waals surface area contributed by atoms with E-state index in [4.69, 9.17) is 9.26 Å². The van der Waals surface area contributed by atoms with Crippen molar-refractivity contribution in [3.8, 4) is 22.7 Å². The topological polar surface area (TPSA) is 103 Å². The number of nitrogens with zero attached hydrogens (tertiary/aromatic N) is 6. The third-order valence-electron chi connectivity index (χ3n) is 7.43. The first kappa shape index (κ1) is 25.7. The van der Waals surface area contributed by atoms with E-state index in [0.717, 1.165) is 0 Å². The SMILES string of the molecule is COc1cc2ncc(-c3cnn(-c4cc(C(=O)Nc5ccon5)c(F)cc4C)c3)n2cc1C1(F)CCN(C)CC1. The minimum Gasteiger partial charge on any atom is -0.496 e. The van der Waals surface area contributed by atoms with Crippen molar-refractivity contribution in [1.29, 1.82) is 0 Å². The molecular formula is C28H27F2N7O3. The number of benzene rings is 1. The fourth-order valence-electron chi connectivity index (χ4n) is 5.10. The van der Waals surface area contributed by atoms with Crippen LogP contribution in [-0.4, -0.2) is 62.4 Å². The average molecular weight is 548 g/mol. The largest absolute Gasteiger partial charge is 0.496 e. The number of amides is 1. The Morgan fingerprint density at radius 1 is 1.18 bits per heavy atom. The van der Waals surface area contributed by atoms with Gasteiger partial charge in [0.2, 0.25) is 0 Å². The van der Waals surface area contributed by atoms with E-state index in [1.807, 2.05) is 11.4 Å². The molecule has 0 aliphatic carbocycles. The van der Waals surface area contributed by atoms with Crippen LogP contribution >= 0.6 is 0 Å². The van der Waals surface area contributed by atoms with Crippen LogP contribution < -0.4 is 10.1 Å². The number of methoxy groups -OCH3 is 1. The van der Waals surface area contributed by atoms with E-state index in [9.17, 15) is 9.18 Å². The summed E-state index contributed by atoms with van der Waals surface area (Å²) in [5, 5.41) is 10.6. The Morgan fingerprint density at radius 2 is 1.98 bits per heavy atom. The molecule has 1 amide bonds. The van der Waals surface area contributed by atoms with Gasteiger partial charge in [-0.05, 0) is 44.5 Å². The fourth-order valence-corrected chi connectivity index (χ4v) is 5.10. The minimum absolute atomic E-state index is 0.168. The second-order valence-corrected chi connectivity index (χ2v) is 10.0. The summed E-state index contributed by atoms with van der Waals surface area (Å²) >= 11 is 0. The predicted octanol–water partition coefficient (Wildman–Crippen LogP) is 4.77. The number of aromatic nitrogens is 5. The van der Waals surface area contributed by atoms with Crippen molar-refractivity contribution < 1.29 is 22.8 Å². The highest BCUT2D eigenvalue weighted by Gasteiger charge is 2.38. The first-order chi connectivity index (χ1) is 19.3. The Bertz CT molecular complexity index is 1700. The molecule has 1 saturated heterocycles. The molecule has 4 aromatic heterocycles. The summed E-state index contributed by atoms with van der Waals surface area (Å²) in [6.07, 6.45) is 8.88. The zero-order chi connectivity index (χ0) is 28.0. The van der Waals surface area contributed by atoms with Gasteiger partial charge in [-0.15, -0.1) is 0 Å². The van der Waals surface area contributed by atoms with Gasteiger partial charge in [0.25, 0.3) is 5.91 Å². The number of halogens is 2. The molecule has 1 fully saturated rings. The summed E-state index contributed by atoms with van der Waals surface area (Å²) < 4.78 is 44.6. The number of piperidine rings is 1. The highest BCUT2D eigenvalue weighted by atomic mass is 19.1. The third kappa shape index (κ3) is 4.49. The van der Waals surface area contributed by atoms with Crippen LogP contribution in [0.3, 0.4) is 0 Å². The lowest BCUT2D eigenvalue weighted by atomic mass is 9.86. The Balaban J connectivity index is 1.37. The smallest absolute Gasteiger partial charge is 0.259 e. The van der Waals surface area contributed by atoms with E-state index in [-0.39, 0.29) is 11.4 Å². The van der Waals surface area contributed by atoms with Gasteiger partial charge in [-0.1, -0.05) is 5.16 Å². The van der Waals surface area contributed by atoms with Crippen LogP contribution in [-0.2, 0) is 5.67 Å². The highest BCUT2D eigenvalue weighted by Crippen LogP contribution is 2.42. The van der Waals surface area contributed by atoms with Crippen LogP contribution in [0, 0.1) is 12.7 Å². The number of pyridine rings is 1. The van der Waals surface area contributed by atoms with E-state index >= 15 is 4.39 Å². The van der Waals surface area contributed by atoms with Crippen LogP contribution in [0.2, 0.25) is 0 Å². The summed E-state index contributed by atoms with van der Waals surface area (Å²) in [6, 6.07) is 5.91. The fraction of sp³-hybridized carbons (Fsp3) is 0.286. The van der Waals surface area contributed by atoms with Crippen molar-refractivity contribution in [2.24, 2.45) is 0 Å². The lowest BCUT2D eigenvalue weighted by Gasteiger charge is -2.35. The van der Waals surface area contributed by atoms with Crippen LogP contribution in [0.4, 0.5) is 14.6 Å². The molecule has 1 N–H and O–H groups in total. The number of hydrogen-bond acceptors (Lipinski definition) is 7. The lowest BCUT2D eigenvalue weighted by molar-refractivity contribution is 0.0646. The first-order valence-electron chi connectivity index (χ1n) is 12.8. The Kier molecular flexibility index (Phi) is 6.34. The maximum Gasteiger partial charge on any atom is 0.259 e. The van der Waals surface area contributed by atoms with Gasteiger partial charge in [-0.3, -0.25) is 9.20 Å². The number of carbonyl (C=O) groups is 1. The Hall–Kier alpha value is -4.58. The summed E-state index contributed by atoms with van der Waals surface area (Å²) in [5.74, 6) is -0.707. The predicted molar refractivity (Wildman–Crippen MR) is 143 cm³/mol. The molecule has 10 nitrogen and oxygen atoms in total. The molecule has 5 heterocycles. The minimum atomic E-state index is -1.52. The number of imidazole rings is 1. The third-order valence-corrected chi connectivity index (χ3v) is 7.43. The molecule has 12 heteroatoms. The van der Waals surface area contributed by atoms with Crippen LogP contribution in [0.25, 0.3) is 22.6 Å². The van der Waals surface area contributed by atoms with Gasteiger partial charge >= 0.3 is 0 Å². The monoisotopic (exact) mass is 547 g/mol. The molecule has 6 rings (SSSR count).